The first-order valence-corrected chi connectivity index (χ1v) is 15.6. The Bertz CT molecular complexity index is 1600. The molecule has 45 heavy (non-hydrogen) atoms. The van der Waals surface area contributed by atoms with Gasteiger partial charge in [-0.3, -0.25) is 0 Å². The van der Waals surface area contributed by atoms with Gasteiger partial charge in [0.15, 0.2) is 0 Å². The molecule has 0 N–H and O–H groups in total. The maximum absolute atomic E-state index is 5.70. The van der Waals surface area contributed by atoms with Crippen molar-refractivity contribution in [1.29, 1.82) is 0 Å². The first-order valence-electron chi connectivity index (χ1n) is 15.6. The van der Waals surface area contributed by atoms with Crippen LogP contribution in [0.3, 0.4) is 0 Å². The van der Waals surface area contributed by atoms with E-state index in [2.05, 4.69) is 139 Å². The predicted octanol–water partition coefficient (Wildman–Crippen LogP) is 12.0. The molecule has 5 aromatic rings. The molecular weight excluding hydrogens is 711 g/mol. The summed E-state index contributed by atoms with van der Waals surface area (Å²) in [5.74, 6) is 1.63. The smallest absolute Gasteiger partial charge is 0.0195 e. The largest absolute Gasteiger partial charge is 0.673 e. The van der Waals surface area contributed by atoms with E-state index in [0.717, 1.165) is 41.9 Å². The molecule has 1 heterocycles. The van der Waals surface area contributed by atoms with Crippen LogP contribution in [0, 0.1) is 38.7 Å². The molecule has 0 saturated carbocycles. The Balaban J connectivity index is 0.00000235. The summed E-state index contributed by atoms with van der Waals surface area (Å²) < 4.78 is 0. The molecular formula is C42H50HfN2-4. The molecule has 2 nitrogen and oxygen atoms in total. The Hall–Kier alpha value is -3.04. The summed E-state index contributed by atoms with van der Waals surface area (Å²) in [6, 6.07) is 37.9. The van der Waals surface area contributed by atoms with Crippen LogP contribution < -0.4 is 0 Å². The molecule has 0 aliphatic carbocycles. The fourth-order valence-corrected chi connectivity index (χ4v) is 5.99. The third kappa shape index (κ3) is 9.49. The quantitative estimate of drug-likeness (QED) is 0.0973. The standard InChI is InChI=1S/C40H44N2.2CH3.Hf/c1-27(2)24-31-15-8-10-20-35(31)40(42-39-32(25-28(3)4)17-11-18-33(39)26-29(5)6)38-23-13-22-37(41-38)36-21-12-16-30-14-7-9-19-34(30)36;;;/h7-20,22-23,27-29,40H,24-26H2,1-6H3;2*1H3;/q-2;2*-1;. The summed E-state index contributed by atoms with van der Waals surface area (Å²) in [7, 11) is 0. The summed E-state index contributed by atoms with van der Waals surface area (Å²) in [5.41, 5.74) is 9.33. The summed E-state index contributed by atoms with van der Waals surface area (Å²) in [6.45, 7) is 13.7. The molecule has 0 saturated heterocycles. The fraction of sp³-hybridized carbons (Fsp3) is 0.310. The molecule has 0 bridgehead atoms. The van der Waals surface area contributed by atoms with E-state index < -0.39 is 0 Å². The first kappa shape index (κ1) is 38.1. The van der Waals surface area contributed by atoms with E-state index in [4.69, 9.17) is 10.3 Å². The summed E-state index contributed by atoms with van der Waals surface area (Å²) in [6.07, 6.45) is 3.01. The maximum atomic E-state index is 5.70. The van der Waals surface area contributed by atoms with Gasteiger partial charge in [-0.2, -0.15) is 0 Å². The van der Waals surface area contributed by atoms with Crippen molar-refractivity contribution >= 4 is 16.5 Å². The van der Waals surface area contributed by atoms with E-state index in [1.807, 2.05) is 6.07 Å². The molecule has 0 radical (unpaired) electrons. The van der Waals surface area contributed by atoms with Crippen LogP contribution in [-0.4, -0.2) is 4.98 Å². The normalized spacial score (nSPS) is 11.6. The molecule has 0 spiro atoms. The van der Waals surface area contributed by atoms with Crippen LogP contribution in [0.25, 0.3) is 27.3 Å². The van der Waals surface area contributed by atoms with Gasteiger partial charge in [-0.1, -0.05) is 142 Å². The van der Waals surface area contributed by atoms with Crippen LogP contribution in [0.4, 0.5) is 5.69 Å². The van der Waals surface area contributed by atoms with Crippen LogP contribution in [-0.2, 0) is 45.1 Å². The summed E-state index contributed by atoms with van der Waals surface area (Å²) in [5, 5.41) is 8.06. The zero-order valence-electron chi connectivity index (χ0n) is 28.6. The number of para-hydroxylation sites is 1. The molecule has 0 fully saturated rings. The Morgan fingerprint density at radius 2 is 1.18 bits per heavy atom. The predicted molar refractivity (Wildman–Crippen MR) is 192 cm³/mol. The zero-order valence-corrected chi connectivity index (χ0v) is 32.2. The molecule has 0 amide bonds. The Labute approximate surface area is 292 Å². The second-order valence-corrected chi connectivity index (χ2v) is 12.8. The van der Waals surface area contributed by atoms with Gasteiger partial charge in [0.05, 0.1) is 0 Å². The van der Waals surface area contributed by atoms with Crippen molar-refractivity contribution in [3.8, 4) is 11.3 Å². The van der Waals surface area contributed by atoms with Gasteiger partial charge in [-0.25, -0.2) is 0 Å². The summed E-state index contributed by atoms with van der Waals surface area (Å²) >= 11 is 0. The minimum Gasteiger partial charge on any atom is -0.673 e. The number of fused-ring (bicyclic) bond motifs is 1. The van der Waals surface area contributed by atoms with Crippen LogP contribution in [0.1, 0.15) is 75.5 Å². The van der Waals surface area contributed by atoms with Crippen LogP contribution >= 0.6 is 0 Å². The van der Waals surface area contributed by atoms with E-state index in [9.17, 15) is 0 Å². The van der Waals surface area contributed by atoms with Crippen molar-refractivity contribution in [2.75, 3.05) is 0 Å². The number of nitrogens with zero attached hydrogens (tertiary/aromatic N) is 2. The number of hydrogen-bond acceptors (Lipinski definition) is 1. The molecule has 0 aliphatic heterocycles. The van der Waals surface area contributed by atoms with E-state index in [-0.39, 0.29) is 46.7 Å². The molecule has 3 heteroatoms. The number of benzene rings is 4. The monoisotopic (exact) mass is 762 g/mol. The van der Waals surface area contributed by atoms with E-state index in [1.165, 1.54) is 33.0 Å². The van der Waals surface area contributed by atoms with Crippen molar-refractivity contribution < 1.29 is 25.8 Å². The van der Waals surface area contributed by atoms with Gasteiger partial charge in [0, 0.05) is 31.5 Å². The van der Waals surface area contributed by atoms with Crippen molar-refractivity contribution in [2.45, 2.75) is 66.8 Å². The van der Waals surface area contributed by atoms with Crippen molar-refractivity contribution in [3.63, 3.8) is 0 Å². The van der Waals surface area contributed by atoms with Crippen molar-refractivity contribution in [2.24, 2.45) is 17.8 Å². The van der Waals surface area contributed by atoms with E-state index in [0.29, 0.717) is 17.8 Å². The molecule has 4 aromatic carbocycles. The van der Waals surface area contributed by atoms with E-state index in [1.54, 1.807) is 0 Å². The molecule has 0 aliphatic rings. The number of hydrogen-bond donors (Lipinski definition) is 0. The van der Waals surface area contributed by atoms with Gasteiger partial charge in [0.1, 0.15) is 0 Å². The zero-order chi connectivity index (χ0) is 29.6. The number of aromatic nitrogens is 1. The Morgan fingerprint density at radius 1 is 0.622 bits per heavy atom. The fourth-order valence-electron chi connectivity index (χ4n) is 5.99. The average molecular weight is 761 g/mol. The maximum Gasteiger partial charge on any atom is 0.0195 e. The van der Waals surface area contributed by atoms with Gasteiger partial charge in [-0.15, -0.1) is 34.8 Å². The SMILES string of the molecule is CC(C)Cc1ccccc1C([N-]c1c(CC(C)C)cccc1CC(C)C)c1cccc(-c2[c-]ccc3ccccc23)n1.[CH3-].[CH3-].[Hf]. The van der Waals surface area contributed by atoms with Crippen LogP contribution in [0.2, 0.25) is 0 Å². The average Bonchev–Trinajstić information content (AvgIpc) is 2.96. The van der Waals surface area contributed by atoms with Gasteiger partial charge < -0.3 is 25.2 Å². The number of pyridine rings is 1. The minimum absolute atomic E-state index is 0. The van der Waals surface area contributed by atoms with Crippen LogP contribution in [0.5, 0.6) is 0 Å². The molecule has 1 atom stereocenters. The Kier molecular flexibility index (Phi) is 14.9. The summed E-state index contributed by atoms with van der Waals surface area (Å²) in [4.78, 5) is 5.34. The minimum atomic E-state index is -0.214. The molecule has 236 valence electrons. The van der Waals surface area contributed by atoms with E-state index >= 15 is 0 Å². The van der Waals surface area contributed by atoms with Gasteiger partial charge in [0.2, 0.25) is 0 Å². The molecule has 1 unspecified atom stereocenters. The van der Waals surface area contributed by atoms with Gasteiger partial charge >= 0.3 is 0 Å². The molecule has 5 rings (SSSR count). The Morgan fingerprint density at radius 3 is 1.84 bits per heavy atom. The third-order valence-corrected chi connectivity index (χ3v) is 7.72. The number of rotatable bonds is 11. The van der Waals surface area contributed by atoms with Gasteiger partial charge in [0.25, 0.3) is 0 Å². The second kappa shape index (κ2) is 17.6. The second-order valence-electron chi connectivity index (χ2n) is 12.8. The molecule has 1 aromatic heterocycles. The first-order chi connectivity index (χ1) is 20.3. The third-order valence-electron chi connectivity index (χ3n) is 7.72. The van der Waals surface area contributed by atoms with Crippen molar-refractivity contribution in [3.05, 3.63) is 151 Å². The van der Waals surface area contributed by atoms with Crippen molar-refractivity contribution in [1.82, 2.24) is 4.98 Å². The van der Waals surface area contributed by atoms with Crippen LogP contribution in [0.15, 0.2) is 97.1 Å². The van der Waals surface area contributed by atoms with Gasteiger partial charge in [-0.05, 0) is 60.4 Å². The topological polar surface area (TPSA) is 27.0 Å².